The van der Waals surface area contributed by atoms with Gasteiger partial charge in [-0.25, -0.2) is 8.78 Å². The van der Waals surface area contributed by atoms with Crippen LogP contribution in [0.4, 0.5) is 8.78 Å². The van der Waals surface area contributed by atoms with Crippen molar-refractivity contribution in [1.82, 2.24) is 9.80 Å². The standard InChI is InChI=1S/C21H22F2N2O2/c1-24-12-13-25(14-19(24)15-6-8-16(22)9-7-15)21(27)11-10-20(26)17-4-2-3-5-18(17)23/h2-9,19H,10-14H2,1H3. The average Bonchev–Trinajstić information content (AvgIpc) is 2.67. The van der Waals surface area contributed by atoms with Crippen molar-refractivity contribution in [3.63, 3.8) is 0 Å². The Morgan fingerprint density at radius 3 is 2.41 bits per heavy atom. The fourth-order valence-corrected chi connectivity index (χ4v) is 3.35. The maximum atomic E-state index is 13.7. The summed E-state index contributed by atoms with van der Waals surface area (Å²) in [6.45, 7) is 1.74. The molecule has 1 atom stereocenters. The molecule has 0 aromatic heterocycles. The van der Waals surface area contributed by atoms with Crippen LogP contribution in [-0.4, -0.2) is 48.2 Å². The van der Waals surface area contributed by atoms with E-state index in [1.54, 1.807) is 23.1 Å². The number of hydrogen-bond acceptors (Lipinski definition) is 3. The van der Waals surface area contributed by atoms with Crippen LogP contribution in [0, 0.1) is 11.6 Å². The summed E-state index contributed by atoms with van der Waals surface area (Å²) in [5.41, 5.74) is 0.965. The van der Waals surface area contributed by atoms with Gasteiger partial charge < -0.3 is 4.90 Å². The summed E-state index contributed by atoms with van der Waals surface area (Å²) in [5.74, 6) is -1.35. The van der Waals surface area contributed by atoms with E-state index in [1.165, 1.54) is 30.3 Å². The Balaban J connectivity index is 1.60. The van der Waals surface area contributed by atoms with Gasteiger partial charge in [-0.2, -0.15) is 0 Å². The summed E-state index contributed by atoms with van der Waals surface area (Å²) in [4.78, 5) is 28.6. The lowest BCUT2D eigenvalue weighted by atomic mass is 10.0. The minimum atomic E-state index is -0.564. The van der Waals surface area contributed by atoms with Gasteiger partial charge in [0.25, 0.3) is 0 Å². The Bertz CT molecular complexity index is 823. The summed E-state index contributed by atoms with van der Waals surface area (Å²) in [5, 5.41) is 0. The van der Waals surface area contributed by atoms with Gasteiger partial charge in [0.15, 0.2) is 5.78 Å². The van der Waals surface area contributed by atoms with Crippen molar-refractivity contribution in [3.05, 3.63) is 71.3 Å². The molecule has 1 heterocycles. The third-order valence-electron chi connectivity index (χ3n) is 5.00. The van der Waals surface area contributed by atoms with E-state index in [9.17, 15) is 18.4 Å². The Morgan fingerprint density at radius 1 is 1.00 bits per heavy atom. The molecule has 0 saturated carbocycles. The summed E-state index contributed by atoms with van der Waals surface area (Å²) < 4.78 is 26.8. The molecule has 0 aliphatic carbocycles. The number of ketones is 1. The quantitative estimate of drug-likeness (QED) is 0.755. The molecule has 1 saturated heterocycles. The zero-order chi connectivity index (χ0) is 19.4. The number of amides is 1. The Morgan fingerprint density at radius 2 is 1.70 bits per heavy atom. The summed E-state index contributed by atoms with van der Waals surface area (Å²) in [6, 6.07) is 12.1. The van der Waals surface area contributed by atoms with Gasteiger partial charge in [0.2, 0.25) is 5.91 Å². The molecule has 142 valence electrons. The van der Waals surface area contributed by atoms with Crippen LogP contribution in [0.2, 0.25) is 0 Å². The highest BCUT2D eigenvalue weighted by atomic mass is 19.1. The molecular weight excluding hydrogens is 350 g/mol. The number of benzene rings is 2. The number of halogens is 2. The maximum absolute atomic E-state index is 13.7. The van der Waals surface area contributed by atoms with Gasteiger partial charge >= 0.3 is 0 Å². The van der Waals surface area contributed by atoms with E-state index < -0.39 is 5.82 Å². The van der Waals surface area contributed by atoms with Crippen LogP contribution in [0.3, 0.4) is 0 Å². The number of piperazine rings is 1. The van der Waals surface area contributed by atoms with Crippen molar-refractivity contribution in [3.8, 4) is 0 Å². The lowest BCUT2D eigenvalue weighted by Crippen LogP contribution is -2.49. The van der Waals surface area contributed by atoms with Gasteiger partial charge in [-0.05, 0) is 36.9 Å². The minimum absolute atomic E-state index is 0.0205. The number of rotatable bonds is 5. The molecule has 1 aliphatic heterocycles. The molecule has 6 heteroatoms. The van der Waals surface area contributed by atoms with Crippen molar-refractivity contribution >= 4 is 11.7 Å². The molecule has 0 radical (unpaired) electrons. The van der Waals surface area contributed by atoms with E-state index in [0.717, 1.165) is 5.56 Å². The second-order valence-electron chi connectivity index (χ2n) is 6.79. The van der Waals surface area contributed by atoms with Crippen molar-refractivity contribution in [1.29, 1.82) is 0 Å². The zero-order valence-corrected chi connectivity index (χ0v) is 15.2. The van der Waals surface area contributed by atoms with Crippen LogP contribution < -0.4 is 0 Å². The Labute approximate surface area is 157 Å². The van der Waals surface area contributed by atoms with Crippen LogP contribution in [-0.2, 0) is 4.79 Å². The molecule has 0 spiro atoms. The topological polar surface area (TPSA) is 40.6 Å². The smallest absolute Gasteiger partial charge is 0.223 e. The first-order chi connectivity index (χ1) is 13.0. The van der Waals surface area contributed by atoms with Crippen molar-refractivity contribution in [2.24, 2.45) is 0 Å². The van der Waals surface area contributed by atoms with E-state index in [1.807, 2.05) is 7.05 Å². The van der Waals surface area contributed by atoms with Crippen LogP contribution in [0.25, 0.3) is 0 Å². The van der Waals surface area contributed by atoms with Crippen molar-refractivity contribution in [2.75, 3.05) is 26.7 Å². The average molecular weight is 372 g/mol. The summed E-state index contributed by atoms with van der Waals surface area (Å²) in [6.07, 6.45) is 0.0281. The predicted octanol–water partition coefficient (Wildman–Crippen LogP) is 3.44. The first kappa shape index (κ1) is 19.2. The molecule has 3 rings (SSSR count). The monoisotopic (exact) mass is 372 g/mol. The van der Waals surface area contributed by atoms with Crippen LogP contribution in [0.1, 0.15) is 34.8 Å². The van der Waals surface area contributed by atoms with Crippen molar-refractivity contribution < 1.29 is 18.4 Å². The number of hydrogen-bond donors (Lipinski definition) is 0. The first-order valence-electron chi connectivity index (χ1n) is 8.97. The van der Waals surface area contributed by atoms with E-state index in [0.29, 0.717) is 19.6 Å². The SMILES string of the molecule is CN1CCN(C(=O)CCC(=O)c2ccccc2F)CC1c1ccc(F)cc1. The summed E-state index contributed by atoms with van der Waals surface area (Å²) >= 11 is 0. The maximum Gasteiger partial charge on any atom is 0.223 e. The molecule has 0 bridgehead atoms. The second-order valence-corrected chi connectivity index (χ2v) is 6.79. The highest BCUT2D eigenvalue weighted by Crippen LogP contribution is 2.25. The van der Waals surface area contributed by atoms with Crippen molar-refractivity contribution in [2.45, 2.75) is 18.9 Å². The lowest BCUT2D eigenvalue weighted by molar-refractivity contribution is -0.134. The van der Waals surface area contributed by atoms with Crippen LogP contribution in [0.15, 0.2) is 48.5 Å². The normalized spacial score (nSPS) is 17.7. The fourth-order valence-electron chi connectivity index (χ4n) is 3.35. The fraction of sp³-hybridized carbons (Fsp3) is 0.333. The largest absolute Gasteiger partial charge is 0.339 e. The number of nitrogens with zero attached hydrogens (tertiary/aromatic N) is 2. The number of carbonyl (C=O) groups excluding carboxylic acids is 2. The lowest BCUT2D eigenvalue weighted by Gasteiger charge is -2.39. The first-order valence-corrected chi connectivity index (χ1v) is 8.97. The molecule has 1 unspecified atom stereocenters. The van der Waals surface area contributed by atoms with Gasteiger partial charge in [0, 0.05) is 32.5 Å². The molecule has 2 aromatic rings. The zero-order valence-electron chi connectivity index (χ0n) is 15.2. The highest BCUT2D eigenvalue weighted by Gasteiger charge is 2.28. The minimum Gasteiger partial charge on any atom is -0.339 e. The molecule has 1 amide bonds. The second kappa shape index (κ2) is 8.39. The van der Waals surface area contributed by atoms with Crippen LogP contribution in [0.5, 0.6) is 0 Å². The third kappa shape index (κ3) is 4.57. The van der Waals surface area contributed by atoms with E-state index in [2.05, 4.69) is 4.90 Å². The molecule has 0 N–H and O–H groups in total. The summed E-state index contributed by atoms with van der Waals surface area (Å²) in [7, 11) is 1.97. The van der Waals surface area contributed by atoms with Crippen LogP contribution >= 0.6 is 0 Å². The van der Waals surface area contributed by atoms with Gasteiger partial charge in [-0.15, -0.1) is 0 Å². The molecule has 4 nitrogen and oxygen atoms in total. The predicted molar refractivity (Wildman–Crippen MR) is 98.3 cm³/mol. The Hall–Kier alpha value is -2.60. The van der Waals surface area contributed by atoms with Gasteiger partial charge in [-0.3, -0.25) is 14.5 Å². The van der Waals surface area contributed by atoms with Gasteiger partial charge in [-0.1, -0.05) is 24.3 Å². The molecule has 1 aliphatic rings. The number of Topliss-reactive ketones (excluding diaryl/α,β-unsaturated/α-hetero) is 1. The van der Waals surface area contributed by atoms with Gasteiger partial charge in [0.1, 0.15) is 11.6 Å². The van der Waals surface area contributed by atoms with E-state index in [-0.39, 0.29) is 42.0 Å². The Kier molecular flexibility index (Phi) is 5.96. The molecule has 1 fully saturated rings. The molecule has 2 aromatic carbocycles. The van der Waals surface area contributed by atoms with E-state index in [4.69, 9.17) is 0 Å². The third-order valence-corrected chi connectivity index (χ3v) is 5.00. The highest BCUT2D eigenvalue weighted by molar-refractivity contribution is 5.98. The van der Waals surface area contributed by atoms with Gasteiger partial charge in [0.05, 0.1) is 11.6 Å². The number of carbonyl (C=O) groups is 2. The van der Waals surface area contributed by atoms with E-state index >= 15 is 0 Å². The molecule has 27 heavy (non-hydrogen) atoms. The molecular formula is C21H22F2N2O2. The number of likely N-dealkylation sites (N-methyl/N-ethyl adjacent to an activating group) is 1.